The Bertz CT molecular complexity index is 560. The van der Waals surface area contributed by atoms with Crippen LogP contribution in [-0.4, -0.2) is 30.2 Å². The quantitative estimate of drug-likeness (QED) is 0.801. The van der Waals surface area contributed by atoms with Gasteiger partial charge in [0.05, 0.1) is 6.61 Å². The van der Waals surface area contributed by atoms with Crippen molar-refractivity contribution >= 4 is 29.1 Å². The van der Waals surface area contributed by atoms with E-state index in [0.717, 1.165) is 17.2 Å². The number of rotatable bonds is 6. The average Bonchev–Trinajstić information content (AvgIpc) is 2.41. The first-order valence-corrected chi connectivity index (χ1v) is 6.66. The molecule has 0 radical (unpaired) electrons. The molecule has 1 heterocycles. The zero-order chi connectivity index (χ0) is 14.4. The minimum absolute atomic E-state index is 0.582. The summed E-state index contributed by atoms with van der Waals surface area (Å²) in [5.74, 6) is 1.32. The highest BCUT2D eigenvalue weighted by molar-refractivity contribution is 6.30. The summed E-state index contributed by atoms with van der Waals surface area (Å²) < 4.78 is 4.98. The molecule has 0 saturated carbocycles. The van der Waals surface area contributed by atoms with Gasteiger partial charge in [0.15, 0.2) is 0 Å². The van der Waals surface area contributed by atoms with Crippen LogP contribution >= 0.6 is 11.6 Å². The number of anilines is 3. The lowest BCUT2D eigenvalue weighted by Gasteiger charge is -2.09. The minimum Gasteiger partial charge on any atom is -0.383 e. The van der Waals surface area contributed by atoms with E-state index < -0.39 is 0 Å². The van der Waals surface area contributed by atoms with Crippen LogP contribution in [0.15, 0.2) is 30.3 Å². The van der Waals surface area contributed by atoms with Crippen molar-refractivity contribution in [2.75, 3.05) is 30.9 Å². The van der Waals surface area contributed by atoms with Gasteiger partial charge in [-0.2, -0.15) is 4.98 Å². The molecule has 0 amide bonds. The molecule has 20 heavy (non-hydrogen) atoms. The van der Waals surface area contributed by atoms with Crippen molar-refractivity contribution in [3.63, 3.8) is 0 Å². The van der Waals surface area contributed by atoms with Crippen LogP contribution in [0.3, 0.4) is 0 Å². The molecular weight excluding hydrogens is 276 g/mol. The standard InChI is InChI=1S/C14H17ClN4O/c1-10-9-13(18-12-5-3-11(15)4-6-12)19-14(17-10)16-7-8-20-2/h3-6,9H,7-8H2,1-2H3,(H2,16,17,18,19). The first-order chi connectivity index (χ1) is 9.67. The van der Waals surface area contributed by atoms with E-state index in [4.69, 9.17) is 16.3 Å². The van der Waals surface area contributed by atoms with E-state index in [1.807, 2.05) is 37.3 Å². The van der Waals surface area contributed by atoms with Crippen molar-refractivity contribution in [3.05, 3.63) is 41.0 Å². The molecule has 2 aromatic rings. The number of benzene rings is 1. The van der Waals surface area contributed by atoms with Gasteiger partial charge in [-0.3, -0.25) is 0 Å². The van der Waals surface area contributed by atoms with Crippen molar-refractivity contribution < 1.29 is 4.74 Å². The summed E-state index contributed by atoms with van der Waals surface area (Å²) in [5, 5.41) is 7.04. The fourth-order valence-electron chi connectivity index (χ4n) is 1.66. The molecule has 0 atom stereocenters. The molecule has 1 aromatic heterocycles. The van der Waals surface area contributed by atoms with Crippen LogP contribution in [0.1, 0.15) is 5.69 Å². The van der Waals surface area contributed by atoms with Crippen molar-refractivity contribution in [1.29, 1.82) is 0 Å². The van der Waals surface area contributed by atoms with Crippen LogP contribution in [-0.2, 0) is 4.74 Å². The zero-order valence-electron chi connectivity index (χ0n) is 11.5. The minimum atomic E-state index is 0.582. The van der Waals surface area contributed by atoms with E-state index in [2.05, 4.69) is 20.6 Å². The van der Waals surface area contributed by atoms with Gasteiger partial charge in [-0.1, -0.05) is 11.6 Å². The van der Waals surface area contributed by atoms with Crippen LogP contribution in [0.5, 0.6) is 0 Å². The van der Waals surface area contributed by atoms with Gasteiger partial charge in [-0.05, 0) is 31.2 Å². The Morgan fingerprint density at radius 2 is 1.95 bits per heavy atom. The summed E-state index contributed by atoms with van der Waals surface area (Å²) in [6.07, 6.45) is 0. The Morgan fingerprint density at radius 3 is 2.65 bits per heavy atom. The Kier molecular flexibility index (Phi) is 5.15. The van der Waals surface area contributed by atoms with Crippen molar-refractivity contribution in [3.8, 4) is 0 Å². The number of hydrogen-bond acceptors (Lipinski definition) is 5. The Hall–Kier alpha value is -1.85. The fourth-order valence-corrected chi connectivity index (χ4v) is 1.78. The average molecular weight is 293 g/mol. The zero-order valence-corrected chi connectivity index (χ0v) is 12.2. The van der Waals surface area contributed by atoms with Crippen molar-refractivity contribution in [1.82, 2.24) is 9.97 Å². The van der Waals surface area contributed by atoms with Gasteiger partial charge in [-0.25, -0.2) is 4.98 Å². The first kappa shape index (κ1) is 14.6. The second kappa shape index (κ2) is 7.07. The SMILES string of the molecule is COCCNc1nc(C)cc(Nc2ccc(Cl)cc2)n1. The summed E-state index contributed by atoms with van der Waals surface area (Å²) in [4.78, 5) is 8.72. The maximum atomic E-state index is 5.86. The lowest BCUT2D eigenvalue weighted by molar-refractivity contribution is 0.210. The molecule has 5 nitrogen and oxygen atoms in total. The first-order valence-electron chi connectivity index (χ1n) is 6.28. The number of halogens is 1. The number of ether oxygens (including phenoxy) is 1. The number of aryl methyl sites for hydroxylation is 1. The van der Waals surface area contributed by atoms with E-state index in [1.165, 1.54) is 0 Å². The van der Waals surface area contributed by atoms with Crippen molar-refractivity contribution in [2.45, 2.75) is 6.92 Å². The van der Waals surface area contributed by atoms with Gasteiger partial charge >= 0.3 is 0 Å². The summed E-state index contributed by atoms with van der Waals surface area (Å²) in [6.45, 7) is 3.20. The number of methoxy groups -OCH3 is 1. The lowest BCUT2D eigenvalue weighted by atomic mass is 10.3. The third kappa shape index (κ3) is 4.36. The third-order valence-corrected chi connectivity index (χ3v) is 2.81. The highest BCUT2D eigenvalue weighted by Gasteiger charge is 2.02. The normalized spacial score (nSPS) is 10.3. The second-order valence-electron chi connectivity index (χ2n) is 4.27. The van der Waals surface area contributed by atoms with Crippen molar-refractivity contribution in [2.24, 2.45) is 0 Å². The molecular formula is C14H17ClN4O. The third-order valence-electron chi connectivity index (χ3n) is 2.56. The molecule has 0 bridgehead atoms. The van der Waals surface area contributed by atoms with Gasteiger partial charge in [-0.15, -0.1) is 0 Å². The number of aromatic nitrogens is 2. The summed E-state index contributed by atoms with van der Waals surface area (Å²) >= 11 is 5.86. The molecule has 0 unspecified atom stereocenters. The van der Waals surface area contributed by atoms with E-state index >= 15 is 0 Å². The van der Waals surface area contributed by atoms with Gasteiger partial charge in [0.1, 0.15) is 5.82 Å². The highest BCUT2D eigenvalue weighted by atomic mass is 35.5. The fraction of sp³-hybridized carbons (Fsp3) is 0.286. The van der Waals surface area contributed by atoms with Gasteiger partial charge < -0.3 is 15.4 Å². The van der Waals surface area contributed by atoms with Crippen LogP contribution in [0.25, 0.3) is 0 Å². The largest absolute Gasteiger partial charge is 0.383 e. The van der Waals surface area contributed by atoms with Gasteiger partial charge in [0.2, 0.25) is 5.95 Å². The molecule has 2 rings (SSSR count). The predicted molar refractivity (Wildman–Crippen MR) is 81.9 cm³/mol. The Labute approximate surface area is 123 Å². The van der Waals surface area contributed by atoms with E-state index in [-0.39, 0.29) is 0 Å². The molecule has 106 valence electrons. The van der Waals surface area contributed by atoms with Crippen LogP contribution in [0, 0.1) is 6.92 Å². The second-order valence-corrected chi connectivity index (χ2v) is 4.71. The number of nitrogens with one attached hydrogen (secondary N) is 2. The highest BCUT2D eigenvalue weighted by Crippen LogP contribution is 2.18. The number of hydrogen-bond donors (Lipinski definition) is 2. The number of nitrogens with zero attached hydrogens (tertiary/aromatic N) is 2. The van der Waals surface area contributed by atoms with E-state index in [1.54, 1.807) is 7.11 Å². The molecule has 0 aliphatic carbocycles. The monoisotopic (exact) mass is 292 g/mol. The predicted octanol–water partition coefficient (Wildman–Crippen LogP) is 3.24. The van der Waals surface area contributed by atoms with E-state index in [9.17, 15) is 0 Å². The summed E-state index contributed by atoms with van der Waals surface area (Å²) in [7, 11) is 1.66. The molecule has 0 aliphatic heterocycles. The summed E-state index contributed by atoms with van der Waals surface area (Å²) in [6, 6.07) is 9.34. The van der Waals surface area contributed by atoms with Gasteiger partial charge in [0.25, 0.3) is 0 Å². The molecule has 0 aliphatic rings. The van der Waals surface area contributed by atoms with E-state index in [0.29, 0.717) is 24.1 Å². The maximum absolute atomic E-state index is 5.86. The molecule has 0 saturated heterocycles. The summed E-state index contributed by atoms with van der Waals surface area (Å²) in [5.41, 5.74) is 1.81. The Balaban J connectivity index is 2.09. The molecule has 0 fully saturated rings. The lowest BCUT2D eigenvalue weighted by Crippen LogP contribution is -2.11. The maximum Gasteiger partial charge on any atom is 0.224 e. The molecule has 6 heteroatoms. The van der Waals surface area contributed by atoms with Crippen LogP contribution in [0.2, 0.25) is 5.02 Å². The topological polar surface area (TPSA) is 59.1 Å². The Morgan fingerprint density at radius 1 is 1.20 bits per heavy atom. The van der Waals surface area contributed by atoms with Gasteiger partial charge in [0, 0.05) is 36.1 Å². The van der Waals surface area contributed by atoms with Crippen LogP contribution in [0.4, 0.5) is 17.5 Å². The van der Waals surface area contributed by atoms with Crippen LogP contribution < -0.4 is 10.6 Å². The molecule has 2 N–H and O–H groups in total. The molecule has 1 aromatic carbocycles. The smallest absolute Gasteiger partial charge is 0.224 e. The molecule has 0 spiro atoms.